The standard InChI is InChI=1S/C16H26N2O/c1-13(2)14-8-9-18(10-14)11-16(17,12-19)15-6-4-3-5-7-15/h3-7,13-14,19H,8-12,17H2,1-2H3. The van der Waals surface area contributed by atoms with Crippen LogP contribution in [0.1, 0.15) is 25.8 Å². The van der Waals surface area contributed by atoms with Crippen molar-refractivity contribution >= 4 is 0 Å². The molecule has 1 aromatic rings. The molecule has 0 aromatic heterocycles. The van der Waals surface area contributed by atoms with Gasteiger partial charge in [0.05, 0.1) is 12.1 Å². The third-order valence-electron chi connectivity index (χ3n) is 4.39. The maximum absolute atomic E-state index is 9.72. The molecule has 2 rings (SSSR count). The second-order valence-electron chi connectivity index (χ2n) is 6.21. The summed E-state index contributed by atoms with van der Waals surface area (Å²) in [6, 6.07) is 9.95. The minimum absolute atomic E-state index is 0.0140. The molecule has 19 heavy (non-hydrogen) atoms. The summed E-state index contributed by atoms with van der Waals surface area (Å²) in [4.78, 5) is 2.40. The van der Waals surface area contributed by atoms with Gasteiger partial charge < -0.3 is 15.7 Å². The van der Waals surface area contributed by atoms with Gasteiger partial charge in [-0.3, -0.25) is 0 Å². The van der Waals surface area contributed by atoms with Crippen LogP contribution in [0.15, 0.2) is 30.3 Å². The Labute approximate surface area is 116 Å². The fraction of sp³-hybridized carbons (Fsp3) is 0.625. The van der Waals surface area contributed by atoms with E-state index in [4.69, 9.17) is 5.73 Å². The molecule has 3 heteroatoms. The van der Waals surface area contributed by atoms with Gasteiger partial charge in [0.25, 0.3) is 0 Å². The number of likely N-dealkylation sites (tertiary alicyclic amines) is 1. The molecule has 0 bridgehead atoms. The summed E-state index contributed by atoms with van der Waals surface area (Å²) in [5.41, 5.74) is 6.80. The number of rotatable bonds is 5. The largest absolute Gasteiger partial charge is 0.394 e. The highest BCUT2D eigenvalue weighted by molar-refractivity contribution is 5.24. The van der Waals surface area contributed by atoms with Crippen LogP contribution in [0.25, 0.3) is 0 Å². The Hall–Kier alpha value is -0.900. The van der Waals surface area contributed by atoms with Crippen molar-refractivity contribution in [2.45, 2.75) is 25.8 Å². The SMILES string of the molecule is CC(C)C1CCN(CC(N)(CO)c2ccccc2)C1. The third-order valence-corrected chi connectivity index (χ3v) is 4.39. The number of hydrogen-bond acceptors (Lipinski definition) is 3. The van der Waals surface area contributed by atoms with Gasteiger partial charge in [-0.25, -0.2) is 0 Å². The van der Waals surface area contributed by atoms with Crippen molar-refractivity contribution in [1.29, 1.82) is 0 Å². The maximum atomic E-state index is 9.72. The van der Waals surface area contributed by atoms with Crippen molar-refractivity contribution < 1.29 is 5.11 Å². The number of hydrogen-bond donors (Lipinski definition) is 2. The molecule has 1 fully saturated rings. The van der Waals surface area contributed by atoms with E-state index in [0.29, 0.717) is 0 Å². The number of aliphatic hydroxyl groups excluding tert-OH is 1. The van der Waals surface area contributed by atoms with Gasteiger partial charge in [0, 0.05) is 13.1 Å². The summed E-state index contributed by atoms with van der Waals surface area (Å²) >= 11 is 0. The second kappa shape index (κ2) is 6.04. The monoisotopic (exact) mass is 262 g/mol. The molecule has 1 aliphatic rings. The third kappa shape index (κ3) is 3.35. The first-order valence-electron chi connectivity index (χ1n) is 7.23. The minimum Gasteiger partial charge on any atom is -0.394 e. The Morgan fingerprint density at radius 3 is 2.58 bits per heavy atom. The zero-order chi connectivity index (χ0) is 13.9. The van der Waals surface area contributed by atoms with Crippen LogP contribution in [0.5, 0.6) is 0 Å². The van der Waals surface area contributed by atoms with Crippen molar-refractivity contribution in [2.24, 2.45) is 17.6 Å². The first kappa shape index (κ1) is 14.5. The molecule has 0 aliphatic carbocycles. The zero-order valence-electron chi connectivity index (χ0n) is 12.0. The number of nitrogens with zero attached hydrogens (tertiary/aromatic N) is 1. The molecule has 2 atom stereocenters. The first-order chi connectivity index (χ1) is 9.05. The lowest BCUT2D eigenvalue weighted by Crippen LogP contribution is -2.50. The van der Waals surface area contributed by atoms with E-state index in [9.17, 15) is 5.11 Å². The smallest absolute Gasteiger partial charge is 0.0772 e. The van der Waals surface area contributed by atoms with E-state index >= 15 is 0 Å². The highest BCUT2D eigenvalue weighted by atomic mass is 16.3. The van der Waals surface area contributed by atoms with Crippen LogP contribution < -0.4 is 5.73 Å². The molecule has 1 saturated heterocycles. The summed E-state index contributed by atoms with van der Waals surface area (Å²) in [6.07, 6.45) is 1.24. The molecule has 0 saturated carbocycles. The molecular weight excluding hydrogens is 236 g/mol. The van der Waals surface area contributed by atoms with Crippen molar-refractivity contribution in [2.75, 3.05) is 26.2 Å². The highest BCUT2D eigenvalue weighted by Gasteiger charge is 2.33. The lowest BCUT2D eigenvalue weighted by atomic mass is 9.91. The van der Waals surface area contributed by atoms with Crippen molar-refractivity contribution in [3.8, 4) is 0 Å². The van der Waals surface area contributed by atoms with Crippen LogP contribution in [-0.4, -0.2) is 36.2 Å². The highest BCUT2D eigenvalue weighted by Crippen LogP contribution is 2.27. The molecule has 1 aliphatic heterocycles. The predicted octanol–water partition coefficient (Wildman–Crippen LogP) is 1.81. The Balaban J connectivity index is 2.04. The lowest BCUT2D eigenvalue weighted by molar-refractivity contribution is 0.146. The maximum Gasteiger partial charge on any atom is 0.0772 e. The van der Waals surface area contributed by atoms with E-state index < -0.39 is 5.54 Å². The fourth-order valence-electron chi connectivity index (χ4n) is 2.95. The van der Waals surface area contributed by atoms with Crippen LogP contribution in [0.2, 0.25) is 0 Å². The molecule has 3 N–H and O–H groups in total. The fourth-order valence-corrected chi connectivity index (χ4v) is 2.95. The van der Waals surface area contributed by atoms with Gasteiger partial charge in [-0.2, -0.15) is 0 Å². The average molecular weight is 262 g/mol. The van der Waals surface area contributed by atoms with E-state index in [2.05, 4.69) is 18.7 Å². The van der Waals surface area contributed by atoms with Crippen molar-refractivity contribution in [1.82, 2.24) is 4.90 Å². The van der Waals surface area contributed by atoms with E-state index in [0.717, 1.165) is 37.0 Å². The molecule has 0 amide bonds. The van der Waals surface area contributed by atoms with Crippen LogP contribution in [-0.2, 0) is 5.54 Å². The average Bonchev–Trinajstić information content (AvgIpc) is 2.88. The second-order valence-corrected chi connectivity index (χ2v) is 6.21. The van der Waals surface area contributed by atoms with E-state index in [1.165, 1.54) is 6.42 Å². The van der Waals surface area contributed by atoms with Gasteiger partial charge >= 0.3 is 0 Å². The van der Waals surface area contributed by atoms with Crippen LogP contribution >= 0.6 is 0 Å². The predicted molar refractivity (Wildman–Crippen MR) is 78.8 cm³/mol. The van der Waals surface area contributed by atoms with E-state index in [1.54, 1.807) is 0 Å². The summed E-state index contributed by atoms with van der Waals surface area (Å²) in [7, 11) is 0. The van der Waals surface area contributed by atoms with Gasteiger partial charge in [0.15, 0.2) is 0 Å². The molecule has 1 heterocycles. The molecule has 1 aromatic carbocycles. The number of nitrogens with two attached hydrogens (primary N) is 1. The summed E-state index contributed by atoms with van der Waals surface area (Å²) in [5, 5.41) is 9.72. The Kier molecular flexibility index (Phi) is 4.61. The number of benzene rings is 1. The van der Waals surface area contributed by atoms with Gasteiger partial charge in [-0.1, -0.05) is 44.2 Å². The Morgan fingerprint density at radius 2 is 2.05 bits per heavy atom. The molecule has 106 valence electrons. The van der Waals surface area contributed by atoms with Crippen LogP contribution in [0, 0.1) is 11.8 Å². The van der Waals surface area contributed by atoms with Gasteiger partial charge in [-0.05, 0) is 30.4 Å². The summed E-state index contributed by atoms with van der Waals surface area (Å²) in [5.74, 6) is 1.49. The summed E-state index contributed by atoms with van der Waals surface area (Å²) in [6.45, 7) is 7.48. The lowest BCUT2D eigenvalue weighted by Gasteiger charge is -2.32. The topological polar surface area (TPSA) is 49.5 Å². The molecule has 2 unspecified atom stereocenters. The van der Waals surface area contributed by atoms with Crippen molar-refractivity contribution in [3.05, 3.63) is 35.9 Å². The number of aliphatic hydroxyl groups is 1. The Morgan fingerprint density at radius 1 is 1.37 bits per heavy atom. The van der Waals surface area contributed by atoms with E-state index in [-0.39, 0.29) is 6.61 Å². The normalized spacial score (nSPS) is 23.7. The quantitative estimate of drug-likeness (QED) is 0.851. The molecule has 0 radical (unpaired) electrons. The van der Waals surface area contributed by atoms with Crippen LogP contribution in [0.3, 0.4) is 0 Å². The minimum atomic E-state index is -0.646. The molecule has 0 spiro atoms. The van der Waals surface area contributed by atoms with Crippen LogP contribution in [0.4, 0.5) is 0 Å². The Bertz CT molecular complexity index is 393. The van der Waals surface area contributed by atoms with Gasteiger partial charge in [-0.15, -0.1) is 0 Å². The molecular formula is C16H26N2O. The zero-order valence-corrected chi connectivity index (χ0v) is 12.0. The molecule has 3 nitrogen and oxygen atoms in total. The first-order valence-corrected chi connectivity index (χ1v) is 7.23. The van der Waals surface area contributed by atoms with E-state index in [1.807, 2.05) is 30.3 Å². The van der Waals surface area contributed by atoms with Gasteiger partial charge in [0.2, 0.25) is 0 Å². The van der Waals surface area contributed by atoms with Crippen molar-refractivity contribution in [3.63, 3.8) is 0 Å². The van der Waals surface area contributed by atoms with Gasteiger partial charge in [0.1, 0.15) is 0 Å². The summed E-state index contributed by atoms with van der Waals surface area (Å²) < 4.78 is 0.